The van der Waals surface area contributed by atoms with Gasteiger partial charge in [-0.3, -0.25) is 4.79 Å². The molecule has 0 aliphatic heterocycles. The van der Waals surface area contributed by atoms with Crippen molar-refractivity contribution in [1.29, 1.82) is 0 Å². The Kier molecular flexibility index (Phi) is 9.11. The number of fused-ring (bicyclic) bond motifs is 1. The molecular weight excluding hydrogens is 380 g/mol. The summed E-state index contributed by atoms with van der Waals surface area (Å²) in [4.78, 5) is 20.3. The van der Waals surface area contributed by atoms with Crippen LogP contribution in [0.2, 0.25) is 0 Å². The first-order valence-electron chi connectivity index (χ1n) is 10.8. The highest BCUT2D eigenvalue weighted by Gasteiger charge is 2.15. The topological polar surface area (TPSA) is 51.4 Å². The Morgan fingerprint density at radius 3 is 2.48 bits per heavy atom. The lowest BCUT2D eigenvalue weighted by atomic mass is 10.0. The van der Waals surface area contributed by atoms with Gasteiger partial charge in [0.2, 0.25) is 0 Å². The number of nitrogens with zero attached hydrogens (tertiary/aromatic N) is 2. The number of aromatic amines is 1. The summed E-state index contributed by atoms with van der Waals surface area (Å²) in [6, 6.07) is 6.21. The normalized spacial score (nSPS) is 11.2. The molecule has 2 N–H and O–H groups in total. The zero-order valence-corrected chi connectivity index (χ0v) is 19.4. The molecule has 0 atom stereocenters. The molecule has 0 saturated heterocycles. The highest BCUT2D eigenvalue weighted by molar-refractivity contribution is 7.80. The maximum atomic E-state index is 12.8. The van der Waals surface area contributed by atoms with Crippen molar-refractivity contribution in [3.8, 4) is 0 Å². The molecule has 0 amide bonds. The standard InChI is InChI=1S/C23H36N4OS/c1-6-9-10-24-23(29)27(12-11-26(7-2)8-3)16-19-15-20-18(5)13-17(4)14-21(20)25-22(19)28/h13-15H,6-12,16H2,1-5H3,(H,24,29)(H,25,28). The van der Waals surface area contributed by atoms with E-state index in [-0.39, 0.29) is 5.56 Å². The lowest BCUT2D eigenvalue weighted by Gasteiger charge is -2.29. The van der Waals surface area contributed by atoms with Crippen molar-refractivity contribution >= 4 is 28.2 Å². The van der Waals surface area contributed by atoms with E-state index in [1.807, 2.05) is 19.1 Å². The van der Waals surface area contributed by atoms with E-state index in [0.29, 0.717) is 6.54 Å². The Bertz CT molecular complexity index is 873. The van der Waals surface area contributed by atoms with Crippen molar-refractivity contribution < 1.29 is 0 Å². The third-order valence-corrected chi connectivity index (χ3v) is 5.83. The van der Waals surface area contributed by atoms with Gasteiger partial charge in [0.05, 0.1) is 6.54 Å². The summed E-state index contributed by atoms with van der Waals surface area (Å²) in [6.07, 6.45) is 2.21. The van der Waals surface area contributed by atoms with Crippen LogP contribution in [0.4, 0.5) is 0 Å². The van der Waals surface area contributed by atoms with E-state index >= 15 is 0 Å². The number of unbranched alkanes of at least 4 members (excludes halogenated alkanes) is 1. The largest absolute Gasteiger partial charge is 0.363 e. The number of hydrogen-bond donors (Lipinski definition) is 2. The fourth-order valence-corrected chi connectivity index (χ4v) is 3.84. The number of aryl methyl sites for hydroxylation is 2. The first kappa shape index (κ1) is 23.4. The highest BCUT2D eigenvalue weighted by atomic mass is 32.1. The first-order chi connectivity index (χ1) is 13.9. The fraction of sp³-hybridized carbons (Fsp3) is 0.565. The Morgan fingerprint density at radius 2 is 1.83 bits per heavy atom. The van der Waals surface area contributed by atoms with Gasteiger partial charge in [0, 0.05) is 36.1 Å². The van der Waals surface area contributed by atoms with Gasteiger partial charge in [0.15, 0.2) is 5.11 Å². The Balaban J connectivity index is 2.27. The predicted octanol–water partition coefficient (Wildman–Crippen LogP) is 3.96. The molecule has 0 unspecified atom stereocenters. The molecule has 1 aromatic carbocycles. The van der Waals surface area contributed by atoms with E-state index in [9.17, 15) is 4.79 Å². The van der Waals surface area contributed by atoms with Gasteiger partial charge >= 0.3 is 0 Å². The van der Waals surface area contributed by atoms with E-state index in [2.05, 4.69) is 53.9 Å². The Hall–Kier alpha value is -1.92. The second-order valence-corrected chi connectivity index (χ2v) is 8.09. The van der Waals surface area contributed by atoms with Gasteiger partial charge in [-0.2, -0.15) is 0 Å². The first-order valence-corrected chi connectivity index (χ1v) is 11.2. The van der Waals surface area contributed by atoms with Gasteiger partial charge in [0.1, 0.15) is 0 Å². The van der Waals surface area contributed by atoms with E-state index in [4.69, 9.17) is 12.2 Å². The predicted molar refractivity (Wildman–Crippen MR) is 128 cm³/mol. The number of H-pyrrole nitrogens is 1. The third-order valence-electron chi connectivity index (χ3n) is 5.43. The van der Waals surface area contributed by atoms with Crippen LogP contribution in [0.5, 0.6) is 0 Å². The van der Waals surface area contributed by atoms with Crippen molar-refractivity contribution in [3.63, 3.8) is 0 Å². The summed E-state index contributed by atoms with van der Waals surface area (Å²) < 4.78 is 0. The van der Waals surface area contributed by atoms with Crippen LogP contribution in [0, 0.1) is 13.8 Å². The number of nitrogens with one attached hydrogen (secondary N) is 2. The van der Waals surface area contributed by atoms with Crippen LogP contribution in [0.3, 0.4) is 0 Å². The molecule has 0 fully saturated rings. The minimum absolute atomic E-state index is 0.0355. The minimum atomic E-state index is -0.0355. The van der Waals surface area contributed by atoms with Crippen LogP contribution in [-0.2, 0) is 6.54 Å². The smallest absolute Gasteiger partial charge is 0.253 e. The number of benzene rings is 1. The van der Waals surface area contributed by atoms with E-state index in [1.165, 1.54) is 5.56 Å². The number of pyridine rings is 1. The van der Waals surface area contributed by atoms with Crippen LogP contribution in [0.15, 0.2) is 23.0 Å². The molecule has 0 aliphatic carbocycles. The Morgan fingerprint density at radius 1 is 1.10 bits per heavy atom. The van der Waals surface area contributed by atoms with Crippen LogP contribution < -0.4 is 10.9 Å². The summed E-state index contributed by atoms with van der Waals surface area (Å²) in [7, 11) is 0. The van der Waals surface area contributed by atoms with E-state index < -0.39 is 0 Å². The van der Waals surface area contributed by atoms with Gasteiger partial charge in [-0.15, -0.1) is 0 Å². The van der Waals surface area contributed by atoms with Crippen LogP contribution in [0.1, 0.15) is 50.3 Å². The molecule has 0 aliphatic rings. The van der Waals surface area contributed by atoms with Crippen LogP contribution >= 0.6 is 12.2 Å². The second kappa shape index (κ2) is 11.3. The SMILES string of the molecule is CCCCNC(=S)N(CCN(CC)CC)Cc1cc2c(C)cc(C)cc2[nH]c1=O. The quantitative estimate of drug-likeness (QED) is 0.453. The van der Waals surface area contributed by atoms with Gasteiger partial charge in [0.25, 0.3) is 5.56 Å². The van der Waals surface area contributed by atoms with Crippen LogP contribution in [-0.4, -0.2) is 52.6 Å². The molecule has 1 heterocycles. The molecule has 0 saturated carbocycles. The number of rotatable bonds is 10. The number of thiocarbonyl (C=S) groups is 1. The minimum Gasteiger partial charge on any atom is -0.363 e. The molecule has 1 aromatic heterocycles. The molecule has 6 heteroatoms. The number of likely N-dealkylation sites (N-methyl/N-ethyl adjacent to an activating group) is 1. The van der Waals surface area contributed by atoms with Gasteiger partial charge in [-0.25, -0.2) is 0 Å². The summed E-state index contributed by atoms with van der Waals surface area (Å²) >= 11 is 5.68. The van der Waals surface area contributed by atoms with Crippen molar-refractivity contribution in [2.24, 2.45) is 0 Å². The zero-order valence-electron chi connectivity index (χ0n) is 18.6. The van der Waals surface area contributed by atoms with E-state index in [1.54, 1.807) is 0 Å². The molecule has 5 nitrogen and oxygen atoms in total. The van der Waals surface area contributed by atoms with Crippen molar-refractivity contribution in [3.05, 3.63) is 45.2 Å². The highest BCUT2D eigenvalue weighted by Crippen LogP contribution is 2.19. The second-order valence-electron chi connectivity index (χ2n) is 7.70. The molecule has 2 rings (SSSR count). The summed E-state index contributed by atoms with van der Waals surface area (Å²) in [5, 5.41) is 5.19. The van der Waals surface area contributed by atoms with Gasteiger partial charge in [-0.1, -0.05) is 33.3 Å². The van der Waals surface area contributed by atoms with Gasteiger partial charge in [-0.05, 0) is 68.8 Å². The zero-order chi connectivity index (χ0) is 21.4. The van der Waals surface area contributed by atoms with Crippen LogP contribution in [0.25, 0.3) is 10.9 Å². The maximum absolute atomic E-state index is 12.8. The molecule has 160 valence electrons. The summed E-state index contributed by atoms with van der Waals surface area (Å²) in [6.45, 7) is 15.8. The fourth-order valence-electron chi connectivity index (χ4n) is 3.58. The van der Waals surface area contributed by atoms with Crippen molar-refractivity contribution in [1.82, 2.24) is 20.1 Å². The monoisotopic (exact) mass is 416 g/mol. The molecule has 0 radical (unpaired) electrons. The molecule has 0 bridgehead atoms. The maximum Gasteiger partial charge on any atom is 0.253 e. The molecule has 2 aromatic rings. The number of aromatic nitrogens is 1. The summed E-state index contributed by atoms with van der Waals surface area (Å²) in [5.74, 6) is 0. The average Bonchev–Trinajstić information content (AvgIpc) is 2.68. The van der Waals surface area contributed by atoms with Gasteiger partial charge < -0.3 is 20.1 Å². The van der Waals surface area contributed by atoms with Crippen molar-refractivity contribution in [2.75, 3.05) is 32.7 Å². The third kappa shape index (κ3) is 6.54. The molecule has 0 spiro atoms. The molecule has 29 heavy (non-hydrogen) atoms. The lowest BCUT2D eigenvalue weighted by molar-refractivity contribution is 0.263. The summed E-state index contributed by atoms with van der Waals surface area (Å²) in [5.41, 5.74) is 3.95. The van der Waals surface area contributed by atoms with E-state index in [0.717, 1.165) is 72.7 Å². The number of hydrogen-bond acceptors (Lipinski definition) is 3. The Labute approximate surface area is 180 Å². The lowest BCUT2D eigenvalue weighted by Crippen LogP contribution is -2.44. The molecular formula is C23H36N4OS. The van der Waals surface area contributed by atoms with Crippen molar-refractivity contribution in [2.45, 2.75) is 54.0 Å². The average molecular weight is 417 g/mol.